The van der Waals surface area contributed by atoms with E-state index in [-0.39, 0.29) is 11.4 Å². The molecule has 1 aromatic heterocycles. The highest BCUT2D eigenvalue weighted by molar-refractivity contribution is 7.99. The van der Waals surface area contributed by atoms with Gasteiger partial charge in [0.25, 0.3) is 0 Å². The molecule has 2 aromatic rings. The summed E-state index contributed by atoms with van der Waals surface area (Å²) in [6.45, 7) is 2.08. The van der Waals surface area contributed by atoms with Crippen LogP contribution < -0.4 is 0 Å². The zero-order valence-electron chi connectivity index (χ0n) is 12.5. The maximum atomic E-state index is 10.1. The minimum absolute atomic E-state index is 0.220. The molecule has 0 saturated heterocycles. The number of hydrogen-bond acceptors (Lipinski definition) is 4. The lowest BCUT2D eigenvalue weighted by Crippen LogP contribution is -2.27. The number of hydrogen-bond donors (Lipinski definition) is 1. The second kappa shape index (κ2) is 6.20. The minimum atomic E-state index is -0.220. The van der Waals surface area contributed by atoms with Gasteiger partial charge in [-0.1, -0.05) is 48.4 Å². The van der Waals surface area contributed by atoms with Crippen molar-refractivity contribution in [3.63, 3.8) is 0 Å². The van der Waals surface area contributed by atoms with E-state index < -0.39 is 0 Å². The molecule has 0 amide bonds. The quantitative estimate of drug-likeness (QED) is 0.946. The Balaban J connectivity index is 1.82. The van der Waals surface area contributed by atoms with E-state index in [0.29, 0.717) is 0 Å². The van der Waals surface area contributed by atoms with E-state index in [9.17, 15) is 5.11 Å². The van der Waals surface area contributed by atoms with Crippen molar-refractivity contribution in [1.82, 2.24) is 14.8 Å². The van der Waals surface area contributed by atoms with E-state index in [4.69, 9.17) is 0 Å². The van der Waals surface area contributed by atoms with Crippen molar-refractivity contribution in [2.45, 2.75) is 49.1 Å². The predicted octanol–water partition coefficient (Wildman–Crippen LogP) is 3.19. The third kappa shape index (κ3) is 3.14. The fraction of sp³-hybridized carbons (Fsp3) is 0.500. The van der Waals surface area contributed by atoms with Crippen LogP contribution in [0.1, 0.15) is 31.2 Å². The van der Waals surface area contributed by atoms with Gasteiger partial charge in [0.05, 0.1) is 6.10 Å². The summed E-state index contributed by atoms with van der Waals surface area (Å²) in [7, 11) is 2.00. The van der Waals surface area contributed by atoms with E-state index in [2.05, 4.69) is 35.3 Å². The Kier molecular flexibility index (Phi) is 4.31. The Hall–Kier alpha value is -1.33. The summed E-state index contributed by atoms with van der Waals surface area (Å²) in [6, 6.07) is 8.29. The lowest BCUT2D eigenvalue weighted by Gasteiger charge is -2.26. The number of aryl methyl sites for hydroxylation is 1. The molecule has 1 aromatic carbocycles. The lowest BCUT2D eigenvalue weighted by atomic mass is 9.97. The molecule has 2 unspecified atom stereocenters. The van der Waals surface area contributed by atoms with Gasteiger partial charge in [0.15, 0.2) is 11.0 Å². The number of thioether (sulfide) groups is 1. The molecule has 1 saturated carbocycles. The zero-order chi connectivity index (χ0) is 14.8. The summed E-state index contributed by atoms with van der Waals surface area (Å²) in [5.41, 5.74) is 2.30. The van der Waals surface area contributed by atoms with E-state index in [1.807, 2.05) is 17.7 Å². The minimum Gasteiger partial charge on any atom is -0.392 e. The molecule has 1 fully saturated rings. The average molecular weight is 303 g/mol. The van der Waals surface area contributed by atoms with Crippen LogP contribution in [0.5, 0.6) is 0 Å². The summed E-state index contributed by atoms with van der Waals surface area (Å²) in [4.78, 5) is 0. The molecule has 1 N–H and O–H groups in total. The van der Waals surface area contributed by atoms with Crippen LogP contribution in [0.2, 0.25) is 0 Å². The Morgan fingerprint density at radius 1 is 1.24 bits per heavy atom. The molecule has 0 radical (unpaired) electrons. The van der Waals surface area contributed by atoms with Crippen LogP contribution >= 0.6 is 11.8 Å². The molecule has 1 aliphatic carbocycles. The summed E-state index contributed by atoms with van der Waals surface area (Å²) >= 11 is 1.66. The van der Waals surface area contributed by atoms with Crippen LogP contribution in [-0.2, 0) is 7.05 Å². The summed E-state index contributed by atoms with van der Waals surface area (Å²) < 4.78 is 2.03. The first-order valence-electron chi connectivity index (χ1n) is 7.46. The topological polar surface area (TPSA) is 50.9 Å². The van der Waals surface area contributed by atoms with Crippen LogP contribution in [0.15, 0.2) is 29.4 Å². The molecule has 2 atom stereocenters. The molecule has 1 heterocycles. The first-order valence-corrected chi connectivity index (χ1v) is 8.34. The molecule has 0 spiro atoms. The SMILES string of the molecule is Cc1cccc(-c2nnc(SC3CCCCC3O)n2C)c1. The fourth-order valence-electron chi connectivity index (χ4n) is 2.80. The maximum Gasteiger partial charge on any atom is 0.191 e. The van der Waals surface area contributed by atoms with Crippen LogP contribution in [0, 0.1) is 6.92 Å². The number of aromatic nitrogens is 3. The molecular formula is C16H21N3OS. The van der Waals surface area contributed by atoms with Gasteiger partial charge in [0, 0.05) is 17.9 Å². The number of aliphatic hydroxyl groups excluding tert-OH is 1. The molecule has 1 aliphatic rings. The summed E-state index contributed by atoms with van der Waals surface area (Å²) in [5.74, 6) is 0.881. The Morgan fingerprint density at radius 3 is 2.81 bits per heavy atom. The number of rotatable bonds is 3. The van der Waals surface area contributed by atoms with Gasteiger partial charge in [-0.2, -0.15) is 0 Å². The monoisotopic (exact) mass is 303 g/mol. The predicted molar refractivity (Wildman–Crippen MR) is 85.3 cm³/mol. The molecular weight excluding hydrogens is 282 g/mol. The molecule has 21 heavy (non-hydrogen) atoms. The van der Waals surface area contributed by atoms with Crippen molar-refractivity contribution in [2.75, 3.05) is 0 Å². The van der Waals surface area contributed by atoms with Crippen molar-refractivity contribution in [3.8, 4) is 11.4 Å². The smallest absolute Gasteiger partial charge is 0.191 e. The van der Waals surface area contributed by atoms with Crippen molar-refractivity contribution in [2.24, 2.45) is 7.05 Å². The molecule has 4 nitrogen and oxygen atoms in total. The Morgan fingerprint density at radius 2 is 2.05 bits per heavy atom. The Bertz CT molecular complexity index is 626. The first kappa shape index (κ1) is 14.6. The zero-order valence-corrected chi connectivity index (χ0v) is 13.3. The van der Waals surface area contributed by atoms with Crippen LogP contribution in [-0.4, -0.2) is 31.2 Å². The van der Waals surface area contributed by atoms with Gasteiger partial charge < -0.3 is 9.67 Å². The number of nitrogens with zero attached hydrogens (tertiary/aromatic N) is 3. The standard InChI is InChI=1S/C16H21N3OS/c1-11-6-5-7-12(10-11)15-17-18-16(19(15)2)21-14-9-4-3-8-13(14)20/h5-7,10,13-14,20H,3-4,8-9H2,1-2H3. The summed E-state index contributed by atoms with van der Waals surface area (Å²) in [5, 5.41) is 19.9. The molecule has 5 heteroatoms. The highest BCUT2D eigenvalue weighted by atomic mass is 32.2. The van der Waals surface area contributed by atoms with E-state index in [1.54, 1.807) is 11.8 Å². The van der Waals surface area contributed by atoms with Crippen LogP contribution in [0.4, 0.5) is 0 Å². The number of aliphatic hydroxyl groups is 1. The van der Waals surface area contributed by atoms with E-state index in [1.165, 1.54) is 12.0 Å². The normalized spacial score (nSPS) is 22.4. The van der Waals surface area contributed by atoms with E-state index >= 15 is 0 Å². The Labute approximate surface area is 129 Å². The van der Waals surface area contributed by atoms with Crippen LogP contribution in [0.25, 0.3) is 11.4 Å². The molecule has 0 bridgehead atoms. The van der Waals surface area contributed by atoms with Gasteiger partial charge in [-0.05, 0) is 25.8 Å². The summed E-state index contributed by atoms with van der Waals surface area (Å²) in [6.07, 6.45) is 4.06. The molecule has 112 valence electrons. The first-order chi connectivity index (χ1) is 10.1. The van der Waals surface area contributed by atoms with Crippen LogP contribution in [0.3, 0.4) is 0 Å². The third-order valence-electron chi connectivity index (χ3n) is 4.04. The van der Waals surface area contributed by atoms with Crippen molar-refractivity contribution >= 4 is 11.8 Å². The average Bonchev–Trinajstić information content (AvgIpc) is 2.83. The van der Waals surface area contributed by atoms with Gasteiger partial charge in [-0.25, -0.2) is 0 Å². The second-order valence-corrected chi connectivity index (χ2v) is 6.95. The third-order valence-corrected chi connectivity index (χ3v) is 5.45. The molecule has 0 aliphatic heterocycles. The van der Waals surface area contributed by atoms with Gasteiger partial charge in [-0.3, -0.25) is 0 Å². The largest absolute Gasteiger partial charge is 0.392 e. The van der Waals surface area contributed by atoms with Gasteiger partial charge in [0.1, 0.15) is 0 Å². The van der Waals surface area contributed by atoms with Gasteiger partial charge in [-0.15, -0.1) is 10.2 Å². The molecule has 3 rings (SSSR count). The highest BCUT2D eigenvalue weighted by Gasteiger charge is 2.26. The number of benzene rings is 1. The maximum absolute atomic E-state index is 10.1. The fourth-order valence-corrected chi connectivity index (χ4v) is 3.98. The van der Waals surface area contributed by atoms with Crippen molar-refractivity contribution in [1.29, 1.82) is 0 Å². The van der Waals surface area contributed by atoms with Crippen molar-refractivity contribution in [3.05, 3.63) is 29.8 Å². The lowest BCUT2D eigenvalue weighted by molar-refractivity contribution is 0.137. The van der Waals surface area contributed by atoms with Gasteiger partial charge >= 0.3 is 0 Å². The highest BCUT2D eigenvalue weighted by Crippen LogP contribution is 2.34. The van der Waals surface area contributed by atoms with Crippen molar-refractivity contribution < 1.29 is 5.11 Å². The van der Waals surface area contributed by atoms with Gasteiger partial charge in [0.2, 0.25) is 0 Å². The van der Waals surface area contributed by atoms with E-state index in [0.717, 1.165) is 35.8 Å². The second-order valence-electron chi connectivity index (χ2n) is 5.74.